The van der Waals surface area contributed by atoms with Gasteiger partial charge in [0.1, 0.15) is 5.69 Å². The Morgan fingerprint density at radius 3 is 2.26 bits per heavy atom. The van der Waals surface area contributed by atoms with Gasteiger partial charge in [-0.1, -0.05) is 29.8 Å². The average molecular weight is 472 g/mol. The number of nitrogens with zero attached hydrogens (tertiary/aromatic N) is 2. The Morgan fingerprint density at radius 1 is 0.882 bits per heavy atom. The molecule has 4 aromatic carbocycles. The second-order valence-corrected chi connectivity index (χ2v) is 8.59. The van der Waals surface area contributed by atoms with Crippen molar-refractivity contribution in [3.05, 3.63) is 104 Å². The van der Waals surface area contributed by atoms with Crippen molar-refractivity contribution < 1.29 is 14.5 Å². The smallest absolute Gasteiger partial charge is 0.294 e. The Kier molecular flexibility index (Phi) is 5.06. The number of carbonyl (C=O) groups is 2. The molecule has 168 valence electrons. The molecule has 1 aliphatic heterocycles. The van der Waals surface area contributed by atoms with Gasteiger partial charge in [0, 0.05) is 33.1 Å². The first-order valence-corrected chi connectivity index (χ1v) is 10.9. The number of rotatable bonds is 4. The quantitative estimate of drug-likeness (QED) is 0.206. The number of hydrogen-bond donors (Lipinski definition) is 1. The molecule has 0 aliphatic carbocycles. The molecule has 0 fully saturated rings. The lowest BCUT2D eigenvalue weighted by atomic mass is 9.91. The van der Waals surface area contributed by atoms with Gasteiger partial charge in [-0.25, -0.2) is 4.90 Å². The van der Waals surface area contributed by atoms with E-state index in [1.807, 2.05) is 19.9 Å². The average Bonchev–Trinajstić information content (AvgIpc) is 2.81. The fourth-order valence-electron chi connectivity index (χ4n) is 4.20. The minimum absolute atomic E-state index is 0.108. The Morgan fingerprint density at radius 2 is 1.59 bits per heavy atom. The van der Waals surface area contributed by atoms with Gasteiger partial charge in [-0.2, -0.15) is 0 Å². The Labute approximate surface area is 199 Å². The highest BCUT2D eigenvalue weighted by Crippen LogP contribution is 2.42. The van der Waals surface area contributed by atoms with Crippen molar-refractivity contribution in [2.75, 3.05) is 10.2 Å². The largest absolute Gasteiger partial charge is 0.349 e. The summed E-state index contributed by atoms with van der Waals surface area (Å²) < 4.78 is 0. The van der Waals surface area contributed by atoms with Crippen LogP contribution in [0, 0.1) is 24.0 Å². The number of nitro benzene ring substituents is 1. The monoisotopic (exact) mass is 471 g/mol. The van der Waals surface area contributed by atoms with Crippen molar-refractivity contribution in [1.82, 2.24) is 0 Å². The molecule has 4 aromatic rings. The van der Waals surface area contributed by atoms with E-state index in [4.69, 9.17) is 11.6 Å². The normalized spacial score (nSPS) is 12.9. The molecule has 0 radical (unpaired) electrons. The fraction of sp³-hybridized carbons (Fsp3) is 0.0769. The van der Waals surface area contributed by atoms with Crippen molar-refractivity contribution in [2.24, 2.45) is 0 Å². The molecule has 34 heavy (non-hydrogen) atoms. The summed E-state index contributed by atoms with van der Waals surface area (Å²) in [5, 5.41) is 16.4. The van der Waals surface area contributed by atoms with Crippen LogP contribution in [0.2, 0.25) is 5.02 Å². The Hall–Kier alpha value is -4.23. The maximum atomic E-state index is 13.5. The minimum Gasteiger partial charge on any atom is -0.349 e. The number of nitro groups is 1. The number of benzene rings is 4. The van der Waals surface area contributed by atoms with Crippen molar-refractivity contribution >= 4 is 56.9 Å². The number of amides is 2. The van der Waals surface area contributed by atoms with Crippen LogP contribution in [0.5, 0.6) is 0 Å². The zero-order chi connectivity index (χ0) is 24.1. The summed E-state index contributed by atoms with van der Waals surface area (Å²) in [6.07, 6.45) is 0. The summed E-state index contributed by atoms with van der Waals surface area (Å²) in [6.45, 7) is 3.83. The van der Waals surface area contributed by atoms with Crippen LogP contribution in [0.4, 0.5) is 22.7 Å². The topological polar surface area (TPSA) is 92.6 Å². The molecule has 1 N–H and O–H groups in total. The van der Waals surface area contributed by atoms with Gasteiger partial charge in [0.25, 0.3) is 17.5 Å². The zero-order valence-corrected chi connectivity index (χ0v) is 19.0. The highest BCUT2D eigenvalue weighted by Gasteiger charge is 2.37. The van der Waals surface area contributed by atoms with E-state index in [1.54, 1.807) is 54.6 Å². The third-order valence-electron chi connectivity index (χ3n) is 6.07. The van der Waals surface area contributed by atoms with Gasteiger partial charge in [0.05, 0.1) is 16.2 Å². The standard InChI is InChI=1S/C26H18ClN3O4/c1-14-6-11-18(12-15(14)2)29-25(31)20-5-3-4-19-23(20)21(26(29)32)13-22(30(33)34)24(19)28-17-9-7-16(27)8-10-17/h3-13,28H,1-2H3. The van der Waals surface area contributed by atoms with Gasteiger partial charge in [0.15, 0.2) is 0 Å². The van der Waals surface area contributed by atoms with E-state index in [-0.39, 0.29) is 16.9 Å². The van der Waals surface area contributed by atoms with Gasteiger partial charge in [0.2, 0.25) is 0 Å². The van der Waals surface area contributed by atoms with Crippen molar-refractivity contribution in [1.29, 1.82) is 0 Å². The molecular formula is C26H18ClN3O4. The molecule has 0 saturated heterocycles. The van der Waals surface area contributed by atoms with E-state index in [9.17, 15) is 19.7 Å². The number of aryl methyl sites for hydroxylation is 2. The molecule has 0 atom stereocenters. The zero-order valence-electron chi connectivity index (χ0n) is 18.3. The first-order chi connectivity index (χ1) is 16.3. The van der Waals surface area contributed by atoms with Gasteiger partial charge >= 0.3 is 0 Å². The lowest BCUT2D eigenvalue weighted by Gasteiger charge is -2.28. The lowest BCUT2D eigenvalue weighted by molar-refractivity contribution is -0.383. The number of imide groups is 1. The highest BCUT2D eigenvalue weighted by molar-refractivity contribution is 6.37. The van der Waals surface area contributed by atoms with Crippen LogP contribution >= 0.6 is 11.6 Å². The third-order valence-corrected chi connectivity index (χ3v) is 6.32. The number of hydrogen-bond acceptors (Lipinski definition) is 5. The van der Waals surface area contributed by atoms with Crippen LogP contribution in [0.3, 0.4) is 0 Å². The number of anilines is 3. The molecular weight excluding hydrogens is 454 g/mol. The van der Waals surface area contributed by atoms with E-state index < -0.39 is 16.7 Å². The van der Waals surface area contributed by atoms with E-state index in [2.05, 4.69) is 5.32 Å². The highest BCUT2D eigenvalue weighted by atomic mass is 35.5. The second-order valence-electron chi connectivity index (χ2n) is 8.15. The summed E-state index contributed by atoms with van der Waals surface area (Å²) in [5.74, 6) is -1.07. The molecule has 5 rings (SSSR count). The van der Waals surface area contributed by atoms with Crippen molar-refractivity contribution in [2.45, 2.75) is 13.8 Å². The lowest BCUT2D eigenvalue weighted by Crippen LogP contribution is -2.40. The maximum absolute atomic E-state index is 13.5. The van der Waals surface area contributed by atoms with Crippen LogP contribution in [0.1, 0.15) is 31.8 Å². The second kappa shape index (κ2) is 7.97. The molecule has 0 aromatic heterocycles. The molecule has 0 bridgehead atoms. The van der Waals surface area contributed by atoms with E-state index in [0.717, 1.165) is 16.0 Å². The molecule has 0 unspecified atom stereocenters. The van der Waals surface area contributed by atoms with Gasteiger partial charge in [-0.05, 0) is 67.4 Å². The van der Waals surface area contributed by atoms with Crippen LogP contribution in [-0.2, 0) is 0 Å². The van der Waals surface area contributed by atoms with Crippen LogP contribution in [0.15, 0.2) is 66.7 Å². The van der Waals surface area contributed by atoms with E-state index in [1.165, 1.54) is 6.07 Å². The van der Waals surface area contributed by atoms with E-state index >= 15 is 0 Å². The Bertz CT molecular complexity index is 1530. The summed E-state index contributed by atoms with van der Waals surface area (Å²) >= 11 is 5.96. The SMILES string of the molecule is Cc1ccc(N2C(=O)c3cccc4c(Nc5ccc(Cl)cc5)c([N+](=O)[O-])cc(c34)C2=O)cc1C. The number of carbonyl (C=O) groups excluding carboxylic acids is 2. The minimum atomic E-state index is -0.599. The van der Waals surface area contributed by atoms with Gasteiger partial charge in [-0.15, -0.1) is 0 Å². The molecule has 0 saturated carbocycles. The van der Waals surface area contributed by atoms with Crippen molar-refractivity contribution in [3.8, 4) is 0 Å². The molecule has 0 spiro atoms. The third kappa shape index (κ3) is 3.38. The van der Waals surface area contributed by atoms with E-state index in [0.29, 0.717) is 32.7 Å². The summed E-state index contributed by atoms with van der Waals surface area (Å²) in [5.41, 5.74) is 3.30. The summed E-state index contributed by atoms with van der Waals surface area (Å²) in [6, 6.07) is 18.2. The van der Waals surface area contributed by atoms with Crippen molar-refractivity contribution in [3.63, 3.8) is 0 Å². The Balaban J connectivity index is 1.74. The summed E-state index contributed by atoms with van der Waals surface area (Å²) in [4.78, 5) is 39.6. The predicted molar refractivity (Wildman–Crippen MR) is 132 cm³/mol. The molecule has 1 heterocycles. The van der Waals surface area contributed by atoms with Crippen LogP contribution in [0.25, 0.3) is 10.8 Å². The number of halogens is 1. The van der Waals surface area contributed by atoms with Crippen LogP contribution < -0.4 is 10.2 Å². The molecule has 1 aliphatic rings. The van der Waals surface area contributed by atoms with Gasteiger partial charge in [-0.3, -0.25) is 19.7 Å². The fourth-order valence-corrected chi connectivity index (χ4v) is 4.33. The van der Waals surface area contributed by atoms with Crippen LogP contribution in [-0.4, -0.2) is 16.7 Å². The molecule has 7 nitrogen and oxygen atoms in total. The van der Waals surface area contributed by atoms with Gasteiger partial charge < -0.3 is 5.32 Å². The molecule has 8 heteroatoms. The predicted octanol–water partition coefficient (Wildman–Crippen LogP) is 6.56. The first-order valence-electron chi connectivity index (χ1n) is 10.5. The molecule has 2 amide bonds. The number of nitrogens with one attached hydrogen (secondary N) is 1. The first kappa shape index (κ1) is 21.6. The summed E-state index contributed by atoms with van der Waals surface area (Å²) in [7, 11) is 0. The maximum Gasteiger partial charge on any atom is 0.294 e.